The lowest BCUT2D eigenvalue weighted by Gasteiger charge is -2.58. The lowest BCUT2D eigenvalue weighted by molar-refractivity contribution is -0.0476. The van der Waals surface area contributed by atoms with Crippen molar-refractivity contribution in [3.8, 4) is 0 Å². The van der Waals surface area contributed by atoms with Crippen LogP contribution in [-0.2, 0) is 0 Å². The summed E-state index contributed by atoms with van der Waals surface area (Å²) in [5.74, 6) is 3.26. The van der Waals surface area contributed by atoms with Crippen molar-refractivity contribution in [1.29, 1.82) is 0 Å². The van der Waals surface area contributed by atoms with Gasteiger partial charge in [0.1, 0.15) is 0 Å². The van der Waals surface area contributed by atoms with Crippen LogP contribution in [0.1, 0.15) is 85.5 Å². The van der Waals surface area contributed by atoms with Crippen LogP contribution in [0.15, 0.2) is 29.0 Å². The molecule has 3 fully saturated rings. The highest BCUT2D eigenvalue weighted by atomic mass is 16.3. The number of rotatable bonds is 12. The molecule has 0 aromatic carbocycles. The third kappa shape index (κ3) is 6.09. The van der Waals surface area contributed by atoms with Gasteiger partial charge < -0.3 is 21.3 Å². The Balaban J connectivity index is 1.36. The average molecular weight is 529 g/mol. The molecular formula is C32H56N4O2. The first kappa shape index (κ1) is 29.8. The van der Waals surface area contributed by atoms with E-state index in [2.05, 4.69) is 50.6 Å². The molecule has 0 aliphatic heterocycles. The molecule has 6 heteroatoms. The Labute approximate surface area is 232 Å². The van der Waals surface area contributed by atoms with E-state index in [1.807, 2.05) is 0 Å². The molecule has 0 aromatic heterocycles. The van der Waals surface area contributed by atoms with E-state index in [4.69, 9.17) is 10.7 Å². The average Bonchev–Trinajstić information content (AvgIpc) is 3.23. The Hall–Kier alpha value is -1.21. The van der Waals surface area contributed by atoms with Crippen molar-refractivity contribution in [2.24, 2.45) is 45.2 Å². The lowest BCUT2D eigenvalue weighted by atomic mass is 9.46. The minimum atomic E-state index is -0.219. The van der Waals surface area contributed by atoms with Crippen LogP contribution in [0, 0.1) is 34.5 Å². The van der Waals surface area contributed by atoms with Gasteiger partial charge in [-0.1, -0.05) is 32.1 Å². The molecule has 38 heavy (non-hydrogen) atoms. The van der Waals surface area contributed by atoms with E-state index in [1.165, 1.54) is 44.2 Å². The number of nitrogens with two attached hydrogens (primary N) is 1. The summed E-state index contributed by atoms with van der Waals surface area (Å²) in [5.41, 5.74) is 9.22. The zero-order valence-corrected chi connectivity index (χ0v) is 24.7. The Kier molecular flexibility index (Phi) is 9.82. The monoisotopic (exact) mass is 528 g/mol. The van der Waals surface area contributed by atoms with Gasteiger partial charge in [-0.2, -0.15) is 0 Å². The number of allylic oxidation sites excluding steroid dienone is 1. The summed E-state index contributed by atoms with van der Waals surface area (Å²) in [6.07, 6.45) is 12.9. The molecule has 0 radical (unpaired) electrons. The molecule has 0 saturated heterocycles. The maximum Gasteiger partial charge on any atom is 0.0991 e. The van der Waals surface area contributed by atoms with Crippen molar-refractivity contribution in [1.82, 2.24) is 10.2 Å². The third-order valence-electron chi connectivity index (χ3n) is 11.4. The predicted molar refractivity (Wildman–Crippen MR) is 159 cm³/mol. The summed E-state index contributed by atoms with van der Waals surface area (Å²) < 4.78 is 0. The molecule has 4 rings (SSSR count). The normalized spacial score (nSPS) is 37.8. The molecule has 0 amide bonds. The number of nitrogens with zero attached hydrogens (tertiary/aromatic N) is 2. The van der Waals surface area contributed by atoms with Gasteiger partial charge in [-0.3, -0.25) is 9.89 Å². The second-order valence-electron chi connectivity index (χ2n) is 13.5. The SMILES string of the molecule is C=C(O)CN(CCNCCN)C(C)CCN=C(C)[C@H]1CC[C@H]2[C@@H]3CCC4=C[C@H](O)CC[C@]4(C)[C@H]3CC[C@]12C. The van der Waals surface area contributed by atoms with Crippen LogP contribution in [0.5, 0.6) is 0 Å². The summed E-state index contributed by atoms with van der Waals surface area (Å²) in [7, 11) is 0. The lowest BCUT2D eigenvalue weighted by Crippen LogP contribution is -2.51. The molecule has 4 aliphatic carbocycles. The predicted octanol–water partition coefficient (Wildman–Crippen LogP) is 5.09. The van der Waals surface area contributed by atoms with Gasteiger partial charge in [0.05, 0.1) is 18.4 Å². The summed E-state index contributed by atoms with van der Waals surface area (Å²) in [6, 6.07) is 0.330. The number of fused-ring (bicyclic) bond motifs is 5. The Morgan fingerprint density at radius 3 is 2.71 bits per heavy atom. The molecule has 0 heterocycles. The van der Waals surface area contributed by atoms with E-state index in [0.717, 1.165) is 63.2 Å². The fourth-order valence-corrected chi connectivity index (χ4v) is 9.26. The first-order chi connectivity index (χ1) is 18.1. The largest absolute Gasteiger partial charge is 0.512 e. The molecule has 216 valence electrons. The molecular weight excluding hydrogens is 472 g/mol. The van der Waals surface area contributed by atoms with Crippen molar-refractivity contribution in [2.45, 2.75) is 97.6 Å². The highest BCUT2D eigenvalue weighted by molar-refractivity contribution is 5.85. The number of hydrogen-bond acceptors (Lipinski definition) is 6. The van der Waals surface area contributed by atoms with Crippen LogP contribution in [0.25, 0.3) is 0 Å². The molecule has 1 unspecified atom stereocenters. The fraction of sp³-hybridized carbons (Fsp3) is 0.844. The number of nitrogens with one attached hydrogen (secondary N) is 1. The van der Waals surface area contributed by atoms with Crippen LogP contribution in [0.2, 0.25) is 0 Å². The maximum absolute atomic E-state index is 10.3. The van der Waals surface area contributed by atoms with Gasteiger partial charge >= 0.3 is 0 Å². The van der Waals surface area contributed by atoms with E-state index >= 15 is 0 Å². The molecule has 8 atom stereocenters. The molecule has 6 nitrogen and oxygen atoms in total. The highest BCUT2D eigenvalue weighted by Gasteiger charge is 2.59. The van der Waals surface area contributed by atoms with Crippen molar-refractivity contribution in [3.05, 3.63) is 24.0 Å². The first-order valence-corrected chi connectivity index (χ1v) is 15.5. The van der Waals surface area contributed by atoms with Gasteiger partial charge in [-0.05, 0) is 100 Å². The summed E-state index contributed by atoms with van der Waals surface area (Å²) in [5, 5.41) is 23.4. The third-order valence-corrected chi connectivity index (χ3v) is 11.4. The quantitative estimate of drug-likeness (QED) is 0.123. The highest BCUT2D eigenvalue weighted by Crippen LogP contribution is 2.66. The summed E-state index contributed by atoms with van der Waals surface area (Å²) in [6.45, 7) is 17.9. The molecule has 0 aromatic rings. The van der Waals surface area contributed by atoms with Crippen molar-refractivity contribution in [3.63, 3.8) is 0 Å². The van der Waals surface area contributed by atoms with Crippen LogP contribution in [-0.4, -0.2) is 72.2 Å². The van der Waals surface area contributed by atoms with Gasteiger partial charge in [0.2, 0.25) is 0 Å². The second-order valence-corrected chi connectivity index (χ2v) is 13.5. The van der Waals surface area contributed by atoms with Gasteiger partial charge in [0.15, 0.2) is 0 Å². The smallest absolute Gasteiger partial charge is 0.0991 e. The fourth-order valence-electron chi connectivity index (χ4n) is 9.26. The number of aliphatic imine (C=N–C) groups is 1. The minimum Gasteiger partial charge on any atom is -0.512 e. The standard InChI is InChI=1S/C32H56N4O2/c1-22(36(21-23(2)37)19-18-34-17-15-33)12-16-35-24(3)28-8-9-29-27-7-6-25-20-26(38)10-13-31(25,4)30(27)11-14-32(28,29)5/h20,22,26-30,34,37-38H,2,6-19,21,33H2,1,3-5H3/t22?,26-,27+,28-,29+,30+,31+,32-/m1/s1. The van der Waals surface area contributed by atoms with E-state index in [0.29, 0.717) is 35.9 Å². The van der Waals surface area contributed by atoms with Crippen LogP contribution >= 0.6 is 0 Å². The van der Waals surface area contributed by atoms with Gasteiger partial charge in [0.25, 0.3) is 0 Å². The van der Waals surface area contributed by atoms with Gasteiger partial charge in [-0.25, -0.2) is 0 Å². The van der Waals surface area contributed by atoms with Gasteiger partial charge in [0, 0.05) is 50.4 Å². The Morgan fingerprint density at radius 1 is 1.18 bits per heavy atom. The van der Waals surface area contributed by atoms with Gasteiger partial charge in [-0.15, -0.1) is 0 Å². The van der Waals surface area contributed by atoms with E-state index in [9.17, 15) is 10.2 Å². The second kappa shape index (κ2) is 12.5. The van der Waals surface area contributed by atoms with Crippen molar-refractivity contribution >= 4 is 5.71 Å². The topological polar surface area (TPSA) is 94.1 Å². The summed E-state index contributed by atoms with van der Waals surface area (Å²) in [4.78, 5) is 7.47. The summed E-state index contributed by atoms with van der Waals surface area (Å²) >= 11 is 0. The zero-order chi connectivity index (χ0) is 27.5. The van der Waals surface area contributed by atoms with Crippen LogP contribution < -0.4 is 11.1 Å². The van der Waals surface area contributed by atoms with Crippen molar-refractivity contribution < 1.29 is 10.2 Å². The van der Waals surface area contributed by atoms with E-state index < -0.39 is 0 Å². The Morgan fingerprint density at radius 2 is 1.97 bits per heavy atom. The molecule has 5 N–H and O–H groups in total. The zero-order valence-electron chi connectivity index (χ0n) is 24.7. The first-order valence-electron chi connectivity index (χ1n) is 15.5. The van der Waals surface area contributed by atoms with Crippen molar-refractivity contribution in [2.75, 3.05) is 39.3 Å². The number of aliphatic hydroxyl groups excluding tert-OH is 2. The van der Waals surface area contributed by atoms with E-state index in [-0.39, 0.29) is 11.9 Å². The number of hydrogen-bond donors (Lipinski definition) is 4. The molecule has 4 aliphatic rings. The molecule has 3 saturated carbocycles. The number of aliphatic hydroxyl groups is 2. The molecule has 0 bridgehead atoms. The van der Waals surface area contributed by atoms with Crippen LogP contribution in [0.3, 0.4) is 0 Å². The Bertz CT molecular complexity index is 887. The maximum atomic E-state index is 10.3. The van der Waals surface area contributed by atoms with E-state index in [1.54, 1.807) is 5.57 Å². The molecule has 0 spiro atoms. The van der Waals surface area contributed by atoms with Crippen LogP contribution in [0.4, 0.5) is 0 Å². The minimum absolute atomic E-state index is 0.219.